The number of ketones is 1. The molecule has 4 nitrogen and oxygen atoms in total. The molecule has 168 valence electrons. The highest BCUT2D eigenvalue weighted by atomic mass is 19.4. The molecule has 0 bridgehead atoms. The van der Waals surface area contributed by atoms with Crippen molar-refractivity contribution in [2.75, 3.05) is 7.11 Å². The third-order valence-corrected chi connectivity index (χ3v) is 5.60. The van der Waals surface area contributed by atoms with Gasteiger partial charge in [-0.2, -0.15) is 13.2 Å². The Morgan fingerprint density at radius 3 is 2.24 bits per heavy atom. The maximum Gasteiger partial charge on any atom is 0.418 e. The standard InChI is InChI=1S/C26H20F3NO3/c1-33-25(32)20(17-10-6-3-7-11-17)15-23(31)22-14-19-12-18(16-8-4-2-5-9-16)13-21(24(19)30-22)26(27,28)29/h2-14,19-20H,15H2,1H3. The quantitative estimate of drug-likeness (QED) is 0.550. The molecular formula is C26H20F3NO3. The number of carbonyl (C=O) groups is 2. The van der Waals surface area contributed by atoms with Crippen LogP contribution in [-0.4, -0.2) is 30.8 Å². The number of methoxy groups -OCH3 is 1. The Morgan fingerprint density at radius 1 is 1.00 bits per heavy atom. The maximum atomic E-state index is 13.8. The number of esters is 1. The Morgan fingerprint density at radius 2 is 1.64 bits per heavy atom. The molecule has 0 amide bonds. The van der Waals surface area contributed by atoms with E-state index in [1.165, 1.54) is 13.2 Å². The van der Waals surface area contributed by atoms with E-state index in [0.29, 0.717) is 16.7 Å². The summed E-state index contributed by atoms with van der Waals surface area (Å²) in [5.41, 5.74) is 0.472. The van der Waals surface area contributed by atoms with Gasteiger partial charge in [-0.05, 0) is 28.9 Å². The number of allylic oxidation sites excluding steroid dienone is 6. The van der Waals surface area contributed by atoms with Crippen molar-refractivity contribution < 1.29 is 27.5 Å². The van der Waals surface area contributed by atoms with Crippen LogP contribution in [0.5, 0.6) is 0 Å². The molecule has 2 unspecified atom stereocenters. The largest absolute Gasteiger partial charge is 0.469 e. The minimum absolute atomic E-state index is 0.0828. The predicted octanol–water partition coefficient (Wildman–Crippen LogP) is 5.44. The van der Waals surface area contributed by atoms with Crippen molar-refractivity contribution in [1.29, 1.82) is 0 Å². The number of nitrogens with zero attached hydrogens (tertiary/aromatic N) is 1. The van der Waals surface area contributed by atoms with E-state index in [1.54, 1.807) is 66.7 Å². The van der Waals surface area contributed by atoms with Gasteiger partial charge in [0, 0.05) is 12.3 Å². The van der Waals surface area contributed by atoms with Crippen LogP contribution >= 0.6 is 0 Å². The van der Waals surface area contributed by atoms with Gasteiger partial charge in [-0.25, -0.2) is 4.99 Å². The number of rotatable bonds is 6. The number of alkyl halides is 3. The van der Waals surface area contributed by atoms with Gasteiger partial charge >= 0.3 is 12.1 Å². The molecule has 0 saturated carbocycles. The molecule has 0 N–H and O–H groups in total. The Balaban J connectivity index is 1.66. The van der Waals surface area contributed by atoms with Crippen molar-refractivity contribution in [3.05, 3.63) is 101 Å². The van der Waals surface area contributed by atoms with E-state index in [0.717, 1.165) is 6.08 Å². The van der Waals surface area contributed by atoms with Gasteiger partial charge in [0.05, 0.1) is 24.3 Å². The second-order valence-corrected chi connectivity index (χ2v) is 7.73. The number of halogens is 3. The number of benzene rings is 2. The lowest BCUT2D eigenvalue weighted by Crippen LogP contribution is -2.26. The van der Waals surface area contributed by atoms with Gasteiger partial charge in [0.25, 0.3) is 0 Å². The smallest absolute Gasteiger partial charge is 0.418 e. The van der Waals surface area contributed by atoms with Crippen LogP contribution in [0.3, 0.4) is 0 Å². The summed E-state index contributed by atoms with van der Waals surface area (Å²) in [5, 5.41) is 0. The molecule has 33 heavy (non-hydrogen) atoms. The lowest BCUT2D eigenvalue weighted by molar-refractivity contribution is -0.143. The Kier molecular flexibility index (Phi) is 6.14. The maximum absolute atomic E-state index is 13.8. The summed E-state index contributed by atoms with van der Waals surface area (Å²) in [7, 11) is 1.22. The average molecular weight is 451 g/mol. The minimum Gasteiger partial charge on any atom is -0.469 e. The molecule has 0 radical (unpaired) electrons. The number of hydrogen-bond acceptors (Lipinski definition) is 4. The van der Waals surface area contributed by atoms with Gasteiger partial charge in [-0.15, -0.1) is 0 Å². The molecule has 0 spiro atoms. The molecule has 0 fully saturated rings. The highest BCUT2D eigenvalue weighted by Gasteiger charge is 2.43. The highest BCUT2D eigenvalue weighted by Crippen LogP contribution is 2.40. The van der Waals surface area contributed by atoms with Gasteiger partial charge in [0.1, 0.15) is 5.70 Å². The van der Waals surface area contributed by atoms with Gasteiger partial charge in [-0.3, -0.25) is 9.59 Å². The molecule has 2 aromatic carbocycles. The fourth-order valence-corrected chi connectivity index (χ4v) is 3.98. The zero-order valence-corrected chi connectivity index (χ0v) is 17.7. The molecule has 7 heteroatoms. The number of aliphatic imine (C=N–C) groups is 1. The predicted molar refractivity (Wildman–Crippen MR) is 118 cm³/mol. The van der Waals surface area contributed by atoms with Crippen molar-refractivity contribution in [1.82, 2.24) is 0 Å². The Labute approximate surface area is 188 Å². The first kappa shape index (κ1) is 22.5. The van der Waals surface area contributed by atoms with Crippen LogP contribution in [-0.2, 0) is 14.3 Å². The van der Waals surface area contributed by atoms with E-state index in [4.69, 9.17) is 4.74 Å². The van der Waals surface area contributed by atoms with Crippen molar-refractivity contribution >= 4 is 23.0 Å². The van der Waals surface area contributed by atoms with E-state index in [-0.39, 0.29) is 17.8 Å². The highest BCUT2D eigenvalue weighted by molar-refractivity contribution is 6.15. The van der Waals surface area contributed by atoms with E-state index in [9.17, 15) is 22.8 Å². The van der Waals surface area contributed by atoms with Crippen LogP contribution in [0.25, 0.3) is 5.57 Å². The van der Waals surface area contributed by atoms with Crippen LogP contribution in [0.2, 0.25) is 0 Å². The first-order valence-corrected chi connectivity index (χ1v) is 10.3. The number of carbonyl (C=O) groups excluding carboxylic acids is 2. The molecule has 0 aromatic heterocycles. The van der Waals surface area contributed by atoms with Crippen LogP contribution in [0.15, 0.2) is 95.2 Å². The summed E-state index contributed by atoms with van der Waals surface area (Å²) < 4.78 is 46.3. The molecule has 1 aliphatic carbocycles. The first-order chi connectivity index (χ1) is 15.8. The lowest BCUT2D eigenvalue weighted by atomic mass is 9.86. The molecular weight excluding hydrogens is 431 g/mol. The summed E-state index contributed by atoms with van der Waals surface area (Å²) >= 11 is 0. The van der Waals surface area contributed by atoms with Crippen LogP contribution in [0.4, 0.5) is 13.2 Å². The van der Waals surface area contributed by atoms with E-state index >= 15 is 0 Å². The summed E-state index contributed by atoms with van der Waals surface area (Å²) in [5.74, 6) is -2.78. The van der Waals surface area contributed by atoms with Gasteiger partial charge in [-0.1, -0.05) is 66.7 Å². The zero-order chi connectivity index (χ0) is 23.6. The van der Waals surface area contributed by atoms with E-state index in [2.05, 4.69) is 4.99 Å². The lowest BCUT2D eigenvalue weighted by Gasteiger charge is -2.21. The third-order valence-electron chi connectivity index (χ3n) is 5.60. The number of hydrogen-bond donors (Lipinski definition) is 0. The normalized spacial score (nSPS) is 18.4. The number of ether oxygens (including phenoxy) is 1. The second kappa shape index (κ2) is 9.02. The average Bonchev–Trinajstić information content (AvgIpc) is 3.26. The Hall–Kier alpha value is -3.74. The summed E-state index contributed by atoms with van der Waals surface area (Å²) in [6.45, 7) is 0. The molecule has 1 heterocycles. The molecule has 2 aliphatic rings. The van der Waals surface area contributed by atoms with E-state index in [1.807, 2.05) is 0 Å². The minimum atomic E-state index is -4.63. The van der Waals surface area contributed by atoms with Crippen LogP contribution < -0.4 is 0 Å². The van der Waals surface area contributed by atoms with Crippen LogP contribution in [0, 0.1) is 5.92 Å². The summed E-state index contributed by atoms with van der Waals surface area (Å²) in [6, 6.07) is 17.4. The number of Topliss-reactive ketones (excluding diaryl/α,β-unsaturated/α-hetero) is 1. The molecule has 2 atom stereocenters. The van der Waals surface area contributed by atoms with Crippen molar-refractivity contribution in [3.8, 4) is 0 Å². The van der Waals surface area contributed by atoms with Crippen molar-refractivity contribution in [2.45, 2.75) is 18.5 Å². The SMILES string of the molecule is COC(=O)C(CC(=O)C1=CC2C=C(c3ccccc3)C=C(C(F)(F)F)C2=N1)c1ccccc1. The summed E-state index contributed by atoms with van der Waals surface area (Å²) in [6.07, 6.45) is -0.729. The molecule has 4 rings (SSSR count). The monoisotopic (exact) mass is 451 g/mol. The molecule has 2 aromatic rings. The number of fused-ring (bicyclic) bond motifs is 1. The van der Waals surface area contributed by atoms with Crippen molar-refractivity contribution in [2.24, 2.45) is 10.9 Å². The Bertz CT molecular complexity index is 1190. The zero-order valence-electron chi connectivity index (χ0n) is 17.7. The second-order valence-electron chi connectivity index (χ2n) is 7.73. The fourth-order valence-electron chi connectivity index (χ4n) is 3.98. The first-order valence-electron chi connectivity index (χ1n) is 10.3. The summed E-state index contributed by atoms with van der Waals surface area (Å²) in [4.78, 5) is 29.4. The van der Waals surface area contributed by atoms with Gasteiger partial charge in [0.2, 0.25) is 0 Å². The molecule has 1 aliphatic heterocycles. The third kappa shape index (κ3) is 4.72. The van der Waals surface area contributed by atoms with Crippen molar-refractivity contribution in [3.63, 3.8) is 0 Å². The fraction of sp³-hybridized carbons (Fsp3) is 0.192. The molecule has 0 saturated heterocycles. The topological polar surface area (TPSA) is 55.7 Å². The van der Waals surface area contributed by atoms with Crippen LogP contribution in [0.1, 0.15) is 23.5 Å². The van der Waals surface area contributed by atoms with Gasteiger partial charge in [0.15, 0.2) is 5.78 Å². The van der Waals surface area contributed by atoms with E-state index < -0.39 is 35.3 Å². The van der Waals surface area contributed by atoms with Gasteiger partial charge < -0.3 is 4.74 Å².